The van der Waals surface area contributed by atoms with Gasteiger partial charge in [0.25, 0.3) is 0 Å². The molecule has 0 radical (unpaired) electrons. The van der Waals surface area contributed by atoms with Gasteiger partial charge in [-0.2, -0.15) is 0 Å². The van der Waals surface area contributed by atoms with Crippen molar-refractivity contribution < 1.29 is 19.0 Å². The molecule has 24 heavy (non-hydrogen) atoms. The van der Waals surface area contributed by atoms with E-state index in [1.807, 2.05) is 29.2 Å². The quantitative estimate of drug-likeness (QED) is 0.719. The minimum Gasteiger partial charge on any atom is -0.497 e. The molecule has 134 valence electrons. The number of benzene rings is 1. The maximum Gasteiger partial charge on any atom is 0.317 e. The highest BCUT2D eigenvalue weighted by molar-refractivity contribution is 5.74. The van der Waals surface area contributed by atoms with Crippen LogP contribution >= 0.6 is 0 Å². The van der Waals surface area contributed by atoms with Crippen LogP contribution in [0.2, 0.25) is 0 Å². The molecule has 1 N–H and O–H groups in total. The van der Waals surface area contributed by atoms with Gasteiger partial charge in [0.05, 0.1) is 13.7 Å². The molecule has 0 atom stereocenters. The number of ether oxygens (including phenoxy) is 3. The molecular weight excluding hydrogens is 310 g/mol. The Morgan fingerprint density at radius 3 is 2.33 bits per heavy atom. The number of amides is 2. The molecule has 1 fully saturated rings. The summed E-state index contributed by atoms with van der Waals surface area (Å²) >= 11 is 0. The molecule has 7 heteroatoms. The third-order valence-electron chi connectivity index (χ3n) is 3.98. The third-order valence-corrected chi connectivity index (χ3v) is 3.98. The number of nitrogens with zero attached hydrogens (tertiary/aromatic N) is 2. The summed E-state index contributed by atoms with van der Waals surface area (Å²) in [5.74, 6) is 1.66. The predicted molar refractivity (Wildman–Crippen MR) is 91.8 cm³/mol. The summed E-state index contributed by atoms with van der Waals surface area (Å²) in [6.45, 7) is 5.77. The van der Waals surface area contributed by atoms with Crippen LogP contribution in [-0.4, -0.2) is 82.5 Å². The van der Waals surface area contributed by atoms with Gasteiger partial charge in [-0.25, -0.2) is 4.79 Å². The number of hydrogen-bond acceptors (Lipinski definition) is 5. The average molecular weight is 337 g/mol. The molecule has 0 bridgehead atoms. The Morgan fingerprint density at radius 2 is 1.71 bits per heavy atom. The molecule has 1 aliphatic heterocycles. The normalized spacial score (nSPS) is 15.2. The second-order valence-corrected chi connectivity index (χ2v) is 5.58. The van der Waals surface area contributed by atoms with Crippen molar-refractivity contribution in [3.8, 4) is 11.5 Å². The van der Waals surface area contributed by atoms with Crippen molar-refractivity contribution in [2.24, 2.45) is 0 Å². The highest BCUT2D eigenvalue weighted by Crippen LogP contribution is 2.16. The van der Waals surface area contributed by atoms with E-state index in [0.717, 1.165) is 44.2 Å². The summed E-state index contributed by atoms with van der Waals surface area (Å²) in [6, 6.07) is 7.57. The lowest BCUT2D eigenvalue weighted by molar-refractivity contribution is 0.124. The highest BCUT2D eigenvalue weighted by atomic mass is 16.5. The van der Waals surface area contributed by atoms with Crippen molar-refractivity contribution >= 4 is 6.03 Å². The molecular formula is C17H27N3O4. The standard InChI is InChI=1S/C17H27N3O4/c1-22-13-7-18-17(21)20-10-8-19(9-11-20)12-14-24-16-5-3-15(23-2)4-6-16/h3-6H,7-14H2,1-2H3,(H,18,21). The van der Waals surface area contributed by atoms with Crippen LogP contribution < -0.4 is 14.8 Å². The summed E-state index contributed by atoms with van der Waals surface area (Å²) in [4.78, 5) is 16.1. The van der Waals surface area contributed by atoms with Gasteiger partial charge in [-0.15, -0.1) is 0 Å². The first-order valence-electron chi connectivity index (χ1n) is 8.24. The number of piperazine rings is 1. The number of methoxy groups -OCH3 is 2. The van der Waals surface area contributed by atoms with Gasteiger partial charge >= 0.3 is 6.03 Å². The predicted octanol–water partition coefficient (Wildman–Crippen LogP) is 1.05. The zero-order valence-electron chi connectivity index (χ0n) is 14.5. The van der Waals surface area contributed by atoms with Crippen molar-refractivity contribution in [2.45, 2.75) is 0 Å². The fourth-order valence-corrected chi connectivity index (χ4v) is 2.51. The van der Waals surface area contributed by atoms with Gasteiger partial charge < -0.3 is 24.4 Å². The fourth-order valence-electron chi connectivity index (χ4n) is 2.51. The molecule has 1 saturated heterocycles. The molecule has 0 spiro atoms. The zero-order chi connectivity index (χ0) is 17.2. The van der Waals surface area contributed by atoms with Crippen molar-refractivity contribution in [3.05, 3.63) is 24.3 Å². The lowest BCUT2D eigenvalue weighted by Gasteiger charge is -2.34. The van der Waals surface area contributed by atoms with Crippen LogP contribution in [0.15, 0.2) is 24.3 Å². The first kappa shape index (κ1) is 18.4. The first-order chi connectivity index (χ1) is 11.7. The van der Waals surface area contributed by atoms with Crippen LogP contribution in [0.3, 0.4) is 0 Å². The number of urea groups is 1. The molecule has 2 rings (SSSR count). The number of carbonyl (C=O) groups is 1. The lowest BCUT2D eigenvalue weighted by Crippen LogP contribution is -2.52. The fraction of sp³-hybridized carbons (Fsp3) is 0.588. The number of rotatable bonds is 8. The maximum atomic E-state index is 11.9. The Hall–Kier alpha value is -1.99. The van der Waals surface area contributed by atoms with Crippen molar-refractivity contribution in [1.82, 2.24) is 15.1 Å². The largest absolute Gasteiger partial charge is 0.497 e. The Kier molecular flexibility index (Phi) is 7.64. The molecule has 0 unspecified atom stereocenters. The van der Waals surface area contributed by atoms with Gasteiger partial charge in [-0.1, -0.05) is 0 Å². The zero-order valence-corrected chi connectivity index (χ0v) is 14.5. The van der Waals surface area contributed by atoms with E-state index in [9.17, 15) is 4.79 Å². The Balaban J connectivity index is 1.61. The Morgan fingerprint density at radius 1 is 1.04 bits per heavy atom. The van der Waals surface area contributed by atoms with Gasteiger partial charge in [0, 0.05) is 46.4 Å². The highest BCUT2D eigenvalue weighted by Gasteiger charge is 2.20. The van der Waals surface area contributed by atoms with E-state index >= 15 is 0 Å². The maximum absolute atomic E-state index is 11.9. The summed E-state index contributed by atoms with van der Waals surface area (Å²) in [5.41, 5.74) is 0. The second kappa shape index (κ2) is 10.00. The SMILES string of the molecule is COCCNC(=O)N1CCN(CCOc2ccc(OC)cc2)CC1. The first-order valence-corrected chi connectivity index (χ1v) is 8.24. The molecule has 7 nitrogen and oxygen atoms in total. The monoisotopic (exact) mass is 337 g/mol. The molecule has 1 heterocycles. The lowest BCUT2D eigenvalue weighted by atomic mass is 10.3. The molecule has 1 aliphatic rings. The van der Waals surface area contributed by atoms with Crippen molar-refractivity contribution in [1.29, 1.82) is 0 Å². The summed E-state index contributed by atoms with van der Waals surface area (Å²) in [6.07, 6.45) is 0. The van der Waals surface area contributed by atoms with E-state index in [2.05, 4.69) is 10.2 Å². The van der Waals surface area contributed by atoms with Gasteiger partial charge in [-0.05, 0) is 24.3 Å². The van der Waals surface area contributed by atoms with E-state index in [1.165, 1.54) is 0 Å². The van der Waals surface area contributed by atoms with E-state index < -0.39 is 0 Å². The second-order valence-electron chi connectivity index (χ2n) is 5.58. The molecule has 2 amide bonds. The third kappa shape index (κ3) is 5.90. The molecule has 1 aromatic rings. The van der Waals surface area contributed by atoms with Crippen LogP contribution in [0.1, 0.15) is 0 Å². The number of nitrogens with one attached hydrogen (secondary N) is 1. The number of hydrogen-bond donors (Lipinski definition) is 1. The molecule has 1 aromatic carbocycles. The van der Waals surface area contributed by atoms with Gasteiger partial charge in [-0.3, -0.25) is 4.90 Å². The number of carbonyl (C=O) groups excluding carboxylic acids is 1. The topological polar surface area (TPSA) is 63.3 Å². The molecule has 0 aromatic heterocycles. The smallest absolute Gasteiger partial charge is 0.317 e. The minimum atomic E-state index is -0.0128. The van der Waals surface area contributed by atoms with Crippen LogP contribution in [0.5, 0.6) is 11.5 Å². The van der Waals surface area contributed by atoms with E-state index in [-0.39, 0.29) is 6.03 Å². The van der Waals surface area contributed by atoms with Crippen LogP contribution in [0.4, 0.5) is 4.79 Å². The van der Waals surface area contributed by atoms with Gasteiger partial charge in [0.1, 0.15) is 18.1 Å². The van der Waals surface area contributed by atoms with Crippen molar-refractivity contribution in [3.63, 3.8) is 0 Å². The summed E-state index contributed by atoms with van der Waals surface area (Å²) in [7, 11) is 3.27. The van der Waals surface area contributed by atoms with Crippen LogP contribution in [0.25, 0.3) is 0 Å². The summed E-state index contributed by atoms with van der Waals surface area (Å²) < 4.78 is 15.8. The molecule has 0 saturated carbocycles. The van der Waals surface area contributed by atoms with E-state index in [4.69, 9.17) is 14.2 Å². The van der Waals surface area contributed by atoms with E-state index in [1.54, 1.807) is 14.2 Å². The van der Waals surface area contributed by atoms with E-state index in [0.29, 0.717) is 19.8 Å². The Labute approximate surface area is 143 Å². The molecule has 0 aliphatic carbocycles. The minimum absolute atomic E-state index is 0.0128. The van der Waals surface area contributed by atoms with Crippen LogP contribution in [0, 0.1) is 0 Å². The average Bonchev–Trinajstić information content (AvgIpc) is 2.63. The van der Waals surface area contributed by atoms with Gasteiger partial charge in [0.15, 0.2) is 0 Å². The van der Waals surface area contributed by atoms with Crippen LogP contribution in [-0.2, 0) is 4.74 Å². The summed E-state index contributed by atoms with van der Waals surface area (Å²) in [5, 5.41) is 2.85. The van der Waals surface area contributed by atoms with Gasteiger partial charge in [0.2, 0.25) is 0 Å². The Bertz CT molecular complexity index is 487. The van der Waals surface area contributed by atoms with Crippen molar-refractivity contribution in [2.75, 3.05) is 66.7 Å².